The zero-order valence-electron chi connectivity index (χ0n) is 13.1. The molecular weight excluding hydrogens is 268 g/mol. The summed E-state index contributed by atoms with van der Waals surface area (Å²) in [6, 6.07) is 6.85. The first-order chi connectivity index (χ1) is 9.73. The molecular formula is C16H22N2O3. The quantitative estimate of drug-likeness (QED) is 0.670. The highest BCUT2D eigenvalue weighted by Gasteiger charge is 2.19. The smallest absolute Gasteiger partial charge is 0.321 e. The number of anilines is 1. The second kappa shape index (κ2) is 7.00. The van der Waals surface area contributed by atoms with Gasteiger partial charge in [0.15, 0.2) is 6.29 Å². The molecule has 1 N–H and O–H groups in total. The van der Waals surface area contributed by atoms with Gasteiger partial charge in [-0.25, -0.2) is 4.79 Å². The van der Waals surface area contributed by atoms with Gasteiger partial charge in [0.25, 0.3) is 0 Å². The van der Waals surface area contributed by atoms with Gasteiger partial charge >= 0.3 is 6.03 Å². The van der Waals surface area contributed by atoms with Gasteiger partial charge in [-0.3, -0.25) is 0 Å². The van der Waals surface area contributed by atoms with Gasteiger partial charge in [0.2, 0.25) is 0 Å². The van der Waals surface area contributed by atoms with Gasteiger partial charge in [0.1, 0.15) is 11.4 Å². The molecule has 0 aliphatic carbocycles. The van der Waals surface area contributed by atoms with Crippen molar-refractivity contribution in [1.29, 1.82) is 0 Å². The molecule has 0 saturated heterocycles. The number of benzene rings is 1. The number of nitrogens with zero attached hydrogens (tertiary/aromatic N) is 1. The summed E-state index contributed by atoms with van der Waals surface area (Å²) in [6.07, 6.45) is 4.89. The number of amides is 2. The number of hydrogen-bond donors (Lipinski definition) is 1. The van der Waals surface area contributed by atoms with Crippen LogP contribution in [0.3, 0.4) is 0 Å². The molecule has 0 saturated carbocycles. The van der Waals surface area contributed by atoms with Crippen molar-refractivity contribution in [3.05, 3.63) is 24.3 Å². The van der Waals surface area contributed by atoms with E-state index in [-0.39, 0.29) is 6.03 Å². The Morgan fingerprint density at radius 1 is 1.33 bits per heavy atom. The second-order valence-electron chi connectivity index (χ2n) is 5.31. The third-order valence-corrected chi connectivity index (χ3v) is 2.62. The standard InChI is InChI=1S/C16H22N2O3/c1-7-16(3,4)21-12(2)20-14-10-8-13(9-11-14)17-15(19)18(5)6/h1,8-12H,2-6H3,(H,17,19). The molecule has 1 rings (SSSR count). The van der Waals surface area contributed by atoms with E-state index in [0.29, 0.717) is 11.4 Å². The van der Waals surface area contributed by atoms with Gasteiger partial charge in [-0.1, -0.05) is 5.92 Å². The van der Waals surface area contributed by atoms with Crippen LogP contribution in [0, 0.1) is 12.3 Å². The van der Waals surface area contributed by atoms with Gasteiger partial charge in [0.05, 0.1) is 0 Å². The predicted octanol–water partition coefficient (Wildman–Crippen LogP) is 2.93. The molecule has 0 radical (unpaired) electrons. The third kappa shape index (κ3) is 5.76. The molecule has 0 spiro atoms. The zero-order chi connectivity index (χ0) is 16.0. The van der Waals surface area contributed by atoms with Gasteiger partial charge in [-0.05, 0) is 45.0 Å². The summed E-state index contributed by atoms with van der Waals surface area (Å²) in [5, 5.41) is 2.74. The number of terminal acetylenes is 1. The number of hydrogen-bond acceptors (Lipinski definition) is 3. The fourth-order valence-corrected chi connectivity index (χ4v) is 1.52. The minimum absolute atomic E-state index is 0.184. The van der Waals surface area contributed by atoms with Gasteiger partial charge in [-0.2, -0.15) is 0 Å². The van der Waals surface area contributed by atoms with E-state index < -0.39 is 11.9 Å². The Morgan fingerprint density at radius 2 is 1.90 bits per heavy atom. The molecule has 21 heavy (non-hydrogen) atoms. The van der Waals surface area contributed by atoms with Gasteiger partial charge in [-0.15, -0.1) is 6.42 Å². The molecule has 1 aromatic rings. The third-order valence-electron chi connectivity index (χ3n) is 2.62. The van der Waals surface area contributed by atoms with E-state index in [1.54, 1.807) is 59.1 Å². The van der Waals surface area contributed by atoms with Crippen LogP contribution >= 0.6 is 0 Å². The van der Waals surface area contributed by atoms with Crippen LogP contribution in [0.5, 0.6) is 5.75 Å². The molecule has 1 aromatic carbocycles. The van der Waals surface area contributed by atoms with Crippen LogP contribution in [0.25, 0.3) is 0 Å². The van der Waals surface area contributed by atoms with Gasteiger partial charge in [0, 0.05) is 19.8 Å². The molecule has 0 heterocycles. The molecule has 114 valence electrons. The first-order valence-electron chi connectivity index (χ1n) is 6.64. The van der Waals surface area contributed by atoms with Crippen molar-refractivity contribution in [2.45, 2.75) is 32.7 Å². The monoisotopic (exact) mass is 290 g/mol. The van der Waals surface area contributed by atoms with Crippen molar-refractivity contribution >= 4 is 11.7 Å². The summed E-state index contributed by atoms with van der Waals surface area (Å²) < 4.78 is 11.2. The SMILES string of the molecule is C#CC(C)(C)OC(C)Oc1ccc(NC(=O)N(C)C)cc1. The maximum Gasteiger partial charge on any atom is 0.321 e. The molecule has 5 nitrogen and oxygen atoms in total. The summed E-state index contributed by atoms with van der Waals surface area (Å²) >= 11 is 0. The van der Waals surface area contributed by atoms with E-state index in [0.717, 1.165) is 0 Å². The minimum Gasteiger partial charge on any atom is -0.465 e. The molecule has 0 aliphatic heterocycles. The topological polar surface area (TPSA) is 50.8 Å². The van der Waals surface area contributed by atoms with E-state index >= 15 is 0 Å². The van der Waals surface area contributed by atoms with Crippen molar-refractivity contribution < 1.29 is 14.3 Å². The van der Waals surface area contributed by atoms with E-state index in [4.69, 9.17) is 15.9 Å². The predicted molar refractivity (Wildman–Crippen MR) is 83.2 cm³/mol. The first-order valence-corrected chi connectivity index (χ1v) is 6.64. The Balaban J connectivity index is 2.59. The molecule has 0 aromatic heterocycles. The Kier molecular flexibility index (Phi) is 5.62. The molecule has 0 aliphatic rings. The van der Waals surface area contributed by atoms with Crippen LogP contribution in [-0.4, -0.2) is 36.9 Å². The van der Waals surface area contributed by atoms with Crippen LogP contribution in [0.15, 0.2) is 24.3 Å². The van der Waals surface area contributed by atoms with Crippen molar-refractivity contribution in [1.82, 2.24) is 4.90 Å². The van der Waals surface area contributed by atoms with Gasteiger partial charge < -0.3 is 19.7 Å². The van der Waals surface area contributed by atoms with Crippen molar-refractivity contribution in [3.8, 4) is 18.1 Å². The van der Waals surface area contributed by atoms with Crippen LogP contribution in [-0.2, 0) is 4.74 Å². The fourth-order valence-electron chi connectivity index (χ4n) is 1.52. The summed E-state index contributed by atoms with van der Waals surface area (Å²) in [7, 11) is 3.36. The number of rotatable bonds is 5. The minimum atomic E-state index is -0.682. The summed E-state index contributed by atoms with van der Waals surface area (Å²) in [5.41, 5.74) is 0.0116. The van der Waals surface area contributed by atoms with Crippen molar-refractivity contribution in [2.24, 2.45) is 0 Å². The van der Waals surface area contributed by atoms with Crippen LogP contribution in [0.1, 0.15) is 20.8 Å². The molecule has 0 fully saturated rings. The highest BCUT2D eigenvalue weighted by molar-refractivity contribution is 5.88. The lowest BCUT2D eigenvalue weighted by Gasteiger charge is -2.24. The first kappa shape index (κ1) is 16.9. The van der Waals surface area contributed by atoms with Crippen LogP contribution in [0.2, 0.25) is 0 Å². The summed E-state index contributed by atoms with van der Waals surface area (Å²) in [4.78, 5) is 13.0. The number of ether oxygens (including phenoxy) is 2. The number of carbonyl (C=O) groups excluding carboxylic acids is 1. The maximum atomic E-state index is 11.5. The van der Waals surface area contributed by atoms with E-state index in [2.05, 4.69) is 11.2 Å². The largest absolute Gasteiger partial charge is 0.465 e. The van der Waals surface area contributed by atoms with Crippen molar-refractivity contribution in [2.75, 3.05) is 19.4 Å². The van der Waals surface area contributed by atoms with Crippen LogP contribution < -0.4 is 10.1 Å². The average molecular weight is 290 g/mol. The fraction of sp³-hybridized carbons (Fsp3) is 0.438. The highest BCUT2D eigenvalue weighted by Crippen LogP contribution is 2.19. The lowest BCUT2D eigenvalue weighted by Crippen LogP contribution is -2.30. The number of nitrogens with one attached hydrogen (secondary N) is 1. The Hall–Kier alpha value is -2.19. The Morgan fingerprint density at radius 3 is 2.38 bits per heavy atom. The molecule has 0 bridgehead atoms. The Bertz CT molecular complexity index is 515. The second-order valence-corrected chi connectivity index (χ2v) is 5.31. The van der Waals surface area contributed by atoms with E-state index in [9.17, 15) is 4.79 Å². The number of carbonyl (C=O) groups is 1. The molecule has 1 atom stereocenters. The average Bonchev–Trinajstić information content (AvgIpc) is 2.40. The Labute approximate surface area is 126 Å². The highest BCUT2D eigenvalue weighted by atomic mass is 16.7. The molecule has 1 unspecified atom stereocenters. The van der Waals surface area contributed by atoms with E-state index in [1.165, 1.54) is 4.90 Å². The van der Waals surface area contributed by atoms with Crippen molar-refractivity contribution in [3.63, 3.8) is 0 Å². The van der Waals surface area contributed by atoms with Crippen LogP contribution in [0.4, 0.5) is 10.5 Å². The summed E-state index contributed by atoms with van der Waals surface area (Å²) in [5.74, 6) is 3.18. The van der Waals surface area contributed by atoms with E-state index in [1.807, 2.05) is 0 Å². The maximum absolute atomic E-state index is 11.5. The lowest BCUT2D eigenvalue weighted by atomic mass is 10.1. The zero-order valence-corrected chi connectivity index (χ0v) is 13.1. The molecule has 5 heteroatoms. The lowest BCUT2D eigenvalue weighted by molar-refractivity contribution is -0.123. The normalized spacial score (nSPS) is 12.2. The molecule has 2 amide bonds. The number of urea groups is 1. The summed E-state index contributed by atoms with van der Waals surface area (Å²) in [6.45, 7) is 5.38.